The maximum atomic E-state index is 8.96. The number of aromatic nitrogens is 2. The first kappa shape index (κ1) is 12.1. The van der Waals surface area contributed by atoms with Crippen LogP contribution in [0.1, 0.15) is 12.2 Å². The lowest BCUT2D eigenvalue weighted by Gasteiger charge is -2.07. The molecule has 92 valence electrons. The molecule has 0 aliphatic rings. The molecule has 1 aromatic heterocycles. The number of nitrogens with one attached hydrogen (secondary N) is 1. The molecule has 0 fully saturated rings. The van der Waals surface area contributed by atoms with Crippen LogP contribution in [0.3, 0.4) is 0 Å². The maximum Gasteiger partial charge on any atom is 0.111 e. The van der Waals surface area contributed by atoms with Crippen molar-refractivity contribution in [2.24, 2.45) is 0 Å². The normalized spacial score (nSPS) is 11.2. The van der Waals surface area contributed by atoms with Gasteiger partial charge in [0.25, 0.3) is 0 Å². The number of fused-ring (bicyclic) bond motifs is 1. The molecule has 2 aromatic rings. The summed E-state index contributed by atoms with van der Waals surface area (Å²) in [4.78, 5) is 4.64. The van der Waals surface area contributed by atoms with Crippen LogP contribution in [-0.2, 0) is 13.0 Å². The van der Waals surface area contributed by atoms with E-state index in [1.54, 1.807) is 0 Å². The first-order valence-corrected chi connectivity index (χ1v) is 6.06. The molecule has 0 radical (unpaired) electrons. The highest BCUT2D eigenvalue weighted by molar-refractivity contribution is 5.75. The van der Waals surface area contributed by atoms with Gasteiger partial charge in [0.15, 0.2) is 0 Å². The molecule has 0 saturated carbocycles. The van der Waals surface area contributed by atoms with Crippen LogP contribution >= 0.6 is 0 Å². The van der Waals surface area contributed by atoms with Crippen molar-refractivity contribution < 1.29 is 5.11 Å². The van der Waals surface area contributed by atoms with Crippen LogP contribution < -0.4 is 5.32 Å². The number of aliphatic hydroxyl groups excluding tert-OH is 1. The smallest absolute Gasteiger partial charge is 0.111 e. The average molecular weight is 233 g/mol. The fourth-order valence-corrected chi connectivity index (χ4v) is 2.03. The Kier molecular flexibility index (Phi) is 4.12. The lowest BCUT2D eigenvalue weighted by atomic mass is 10.3. The standard InChI is InChI=1S/C13H19N3O/c1-14-8-7-13-15-11-5-2-3-6-12(11)16(13)9-4-10-17/h2-3,5-6,14,17H,4,7-10H2,1H3. The molecule has 4 heteroatoms. The van der Waals surface area contributed by atoms with Crippen LogP contribution in [0.4, 0.5) is 0 Å². The third-order valence-corrected chi connectivity index (χ3v) is 2.87. The van der Waals surface area contributed by atoms with Crippen LogP contribution in [0, 0.1) is 0 Å². The second-order valence-electron chi connectivity index (χ2n) is 4.10. The van der Waals surface area contributed by atoms with E-state index in [0.717, 1.165) is 42.8 Å². The molecule has 17 heavy (non-hydrogen) atoms. The Labute approximate surface area is 101 Å². The number of hydrogen-bond donors (Lipinski definition) is 2. The monoisotopic (exact) mass is 233 g/mol. The molecule has 0 atom stereocenters. The summed E-state index contributed by atoms with van der Waals surface area (Å²) in [5, 5.41) is 12.1. The number of para-hydroxylation sites is 2. The third-order valence-electron chi connectivity index (χ3n) is 2.87. The summed E-state index contributed by atoms with van der Waals surface area (Å²) in [6.45, 7) is 1.97. The predicted octanol–water partition coefficient (Wildman–Crippen LogP) is 1.18. The number of aryl methyl sites for hydroxylation is 1. The van der Waals surface area contributed by atoms with E-state index < -0.39 is 0 Å². The number of nitrogens with zero attached hydrogens (tertiary/aromatic N) is 2. The Bertz CT molecular complexity index is 478. The SMILES string of the molecule is CNCCc1nc2ccccc2n1CCCO. The summed E-state index contributed by atoms with van der Waals surface area (Å²) in [5.74, 6) is 1.09. The zero-order valence-corrected chi connectivity index (χ0v) is 10.2. The van der Waals surface area contributed by atoms with Gasteiger partial charge in [0.05, 0.1) is 11.0 Å². The van der Waals surface area contributed by atoms with Gasteiger partial charge >= 0.3 is 0 Å². The first-order valence-electron chi connectivity index (χ1n) is 6.06. The van der Waals surface area contributed by atoms with Crippen LogP contribution in [0.5, 0.6) is 0 Å². The van der Waals surface area contributed by atoms with Crippen LogP contribution in [0.2, 0.25) is 0 Å². The van der Waals surface area contributed by atoms with Gasteiger partial charge in [-0.15, -0.1) is 0 Å². The largest absolute Gasteiger partial charge is 0.396 e. The zero-order valence-electron chi connectivity index (χ0n) is 10.2. The Balaban J connectivity index is 2.34. The van der Waals surface area contributed by atoms with E-state index in [9.17, 15) is 0 Å². The predicted molar refractivity (Wildman–Crippen MR) is 69.1 cm³/mol. The second kappa shape index (κ2) is 5.80. The van der Waals surface area contributed by atoms with E-state index in [2.05, 4.69) is 20.9 Å². The van der Waals surface area contributed by atoms with Gasteiger partial charge in [-0.25, -0.2) is 4.98 Å². The molecular weight excluding hydrogens is 214 g/mol. The fraction of sp³-hybridized carbons (Fsp3) is 0.462. The molecule has 2 rings (SSSR count). The summed E-state index contributed by atoms with van der Waals surface area (Å²) in [5.41, 5.74) is 2.20. The van der Waals surface area contributed by atoms with Crippen molar-refractivity contribution in [3.8, 4) is 0 Å². The minimum Gasteiger partial charge on any atom is -0.396 e. The van der Waals surface area contributed by atoms with Crippen molar-refractivity contribution in [3.63, 3.8) is 0 Å². The van der Waals surface area contributed by atoms with E-state index in [0.29, 0.717) is 0 Å². The van der Waals surface area contributed by atoms with Gasteiger partial charge < -0.3 is 15.0 Å². The number of likely N-dealkylation sites (N-methyl/N-ethyl adjacent to an activating group) is 1. The van der Waals surface area contributed by atoms with E-state index in [1.165, 1.54) is 0 Å². The lowest BCUT2D eigenvalue weighted by molar-refractivity contribution is 0.280. The Hall–Kier alpha value is -1.39. The Morgan fingerprint density at radius 2 is 2.18 bits per heavy atom. The summed E-state index contributed by atoms with van der Waals surface area (Å²) < 4.78 is 2.21. The fourth-order valence-electron chi connectivity index (χ4n) is 2.03. The quantitative estimate of drug-likeness (QED) is 0.787. The van der Waals surface area contributed by atoms with Crippen LogP contribution in [0.25, 0.3) is 11.0 Å². The molecule has 1 aromatic carbocycles. The number of benzene rings is 1. The third kappa shape index (κ3) is 2.65. The van der Waals surface area contributed by atoms with E-state index >= 15 is 0 Å². The van der Waals surface area contributed by atoms with Gasteiger partial charge in [0.1, 0.15) is 5.82 Å². The molecule has 0 saturated heterocycles. The van der Waals surface area contributed by atoms with Crippen molar-refractivity contribution >= 4 is 11.0 Å². The van der Waals surface area contributed by atoms with Gasteiger partial charge in [0, 0.05) is 26.1 Å². The van der Waals surface area contributed by atoms with Gasteiger partial charge in [0.2, 0.25) is 0 Å². The highest BCUT2D eigenvalue weighted by Crippen LogP contribution is 2.16. The molecule has 0 spiro atoms. The second-order valence-corrected chi connectivity index (χ2v) is 4.10. The molecular formula is C13H19N3O. The van der Waals surface area contributed by atoms with Crippen molar-refractivity contribution in [2.75, 3.05) is 20.2 Å². The Morgan fingerprint density at radius 1 is 1.35 bits per heavy atom. The van der Waals surface area contributed by atoms with E-state index in [1.807, 2.05) is 25.2 Å². The molecule has 4 nitrogen and oxygen atoms in total. The molecule has 0 bridgehead atoms. The number of aliphatic hydroxyl groups is 1. The lowest BCUT2D eigenvalue weighted by Crippen LogP contribution is -2.14. The first-order chi connectivity index (χ1) is 8.36. The summed E-state index contributed by atoms with van der Waals surface area (Å²) in [6.07, 6.45) is 1.68. The van der Waals surface area contributed by atoms with E-state index in [4.69, 9.17) is 5.11 Å². The van der Waals surface area contributed by atoms with Crippen molar-refractivity contribution in [1.82, 2.24) is 14.9 Å². The molecule has 2 N–H and O–H groups in total. The van der Waals surface area contributed by atoms with Crippen molar-refractivity contribution in [2.45, 2.75) is 19.4 Å². The number of rotatable bonds is 6. The van der Waals surface area contributed by atoms with E-state index in [-0.39, 0.29) is 6.61 Å². The number of hydrogen-bond acceptors (Lipinski definition) is 3. The summed E-state index contributed by atoms with van der Waals surface area (Å²) in [6, 6.07) is 8.16. The molecule has 0 amide bonds. The summed E-state index contributed by atoms with van der Waals surface area (Å²) in [7, 11) is 1.95. The van der Waals surface area contributed by atoms with Gasteiger partial charge in [-0.1, -0.05) is 12.1 Å². The minimum absolute atomic E-state index is 0.220. The summed E-state index contributed by atoms with van der Waals surface area (Å²) >= 11 is 0. The highest BCUT2D eigenvalue weighted by Gasteiger charge is 2.08. The number of imidazole rings is 1. The minimum atomic E-state index is 0.220. The molecule has 0 aliphatic heterocycles. The Morgan fingerprint density at radius 3 is 2.94 bits per heavy atom. The van der Waals surface area contributed by atoms with Crippen molar-refractivity contribution in [3.05, 3.63) is 30.1 Å². The van der Waals surface area contributed by atoms with Crippen LogP contribution in [-0.4, -0.2) is 34.9 Å². The molecule has 1 heterocycles. The zero-order chi connectivity index (χ0) is 12.1. The van der Waals surface area contributed by atoms with Gasteiger partial charge in [-0.2, -0.15) is 0 Å². The topological polar surface area (TPSA) is 50.1 Å². The average Bonchev–Trinajstić information content (AvgIpc) is 2.71. The van der Waals surface area contributed by atoms with Gasteiger partial charge in [-0.05, 0) is 25.6 Å². The highest BCUT2D eigenvalue weighted by atomic mass is 16.3. The van der Waals surface area contributed by atoms with Gasteiger partial charge in [-0.3, -0.25) is 0 Å². The van der Waals surface area contributed by atoms with Crippen molar-refractivity contribution in [1.29, 1.82) is 0 Å². The molecule has 0 unspecified atom stereocenters. The maximum absolute atomic E-state index is 8.96. The van der Waals surface area contributed by atoms with Crippen LogP contribution in [0.15, 0.2) is 24.3 Å². The molecule has 0 aliphatic carbocycles.